The molecule has 2 heterocycles. The lowest BCUT2D eigenvalue weighted by atomic mass is 10.1. The molecular formula is C20H18N6O4. The van der Waals surface area contributed by atoms with Crippen molar-refractivity contribution in [3.63, 3.8) is 0 Å². The fourth-order valence-electron chi connectivity index (χ4n) is 2.81. The summed E-state index contributed by atoms with van der Waals surface area (Å²) in [5, 5.41) is 12.5. The summed E-state index contributed by atoms with van der Waals surface area (Å²) in [7, 11) is 0. The van der Waals surface area contributed by atoms with Crippen molar-refractivity contribution in [1.29, 1.82) is 0 Å². The van der Waals surface area contributed by atoms with Gasteiger partial charge in [-0.2, -0.15) is 4.80 Å². The minimum absolute atomic E-state index is 0.119. The normalized spacial score (nSPS) is 10.7. The molecule has 2 N–H and O–H groups in total. The van der Waals surface area contributed by atoms with Crippen LogP contribution in [-0.4, -0.2) is 32.0 Å². The quantitative estimate of drug-likeness (QED) is 0.468. The molecular weight excluding hydrogens is 388 g/mol. The smallest absolute Gasteiger partial charge is 0.305 e. The molecule has 0 spiro atoms. The van der Waals surface area contributed by atoms with Crippen molar-refractivity contribution in [3.05, 3.63) is 71.7 Å². The molecule has 2 aromatic carbocycles. The van der Waals surface area contributed by atoms with Crippen LogP contribution in [0.15, 0.2) is 59.0 Å². The Kier molecular flexibility index (Phi) is 5.37. The monoisotopic (exact) mass is 406 g/mol. The third-order valence-electron chi connectivity index (χ3n) is 4.26. The molecule has 0 radical (unpaired) electrons. The summed E-state index contributed by atoms with van der Waals surface area (Å²) in [4.78, 5) is 25.5. The molecule has 0 aliphatic heterocycles. The number of aromatic nitrogens is 4. The zero-order valence-electron chi connectivity index (χ0n) is 16.0. The number of furan rings is 1. The number of tetrazole rings is 1. The van der Waals surface area contributed by atoms with Crippen LogP contribution in [0.4, 0.5) is 0 Å². The van der Waals surface area contributed by atoms with Gasteiger partial charge in [0.2, 0.25) is 5.82 Å². The van der Waals surface area contributed by atoms with Crippen LogP contribution in [-0.2, 0) is 17.9 Å². The first-order valence-electron chi connectivity index (χ1n) is 9.12. The molecule has 0 fully saturated rings. The minimum atomic E-state index is -0.555. The highest BCUT2D eigenvalue weighted by atomic mass is 16.5. The van der Waals surface area contributed by atoms with Gasteiger partial charge in [-0.25, -0.2) is 0 Å². The van der Waals surface area contributed by atoms with Gasteiger partial charge in [-0.3, -0.25) is 20.4 Å². The molecule has 4 aromatic rings. The first-order chi connectivity index (χ1) is 14.6. The van der Waals surface area contributed by atoms with Crippen LogP contribution in [0, 0.1) is 6.92 Å². The Morgan fingerprint density at radius 1 is 1.07 bits per heavy atom. The molecule has 0 saturated carbocycles. The number of aryl methyl sites for hydroxylation is 1. The Balaban J connectivity index is 1.29. The highest BCUT2D eigenvalue weighted by Crippen LogP contribution is 2.24. The number of nitrogens with zero attached hydrogens (tertiary/aromatic N) is 4. The van der Waals surface area contributed by atoms with Gasteiger partial charge in [0.05, 0.1) is 0 Å². The highest BCUT2D eigenvalue weighted by Gasteiger charge is 2.18. The lowest BCUT2D eigenvalue weighted by Crippen LogP contribution is -2.43. The molecule has 10 nitrogen and oxygen atoms in total. The molecule has 10 heteroatoms. The number of carbonyl (C=O) groups is 2. The van der Waals surface area contributed by atoms with E-state index in [4.69, 9.17) is 9.15 Å². The van der Waals surface area contributed by atoms with E-state index in [0.717, 1.165) is 10.2 Å². The summed E-state index contributed by atoms with van der Waals surface area (Å²) >= 11 is 0. The van der Waals surface area contributed by atoms with Crippen molar-refractivity contribution in [2.45, 2.75) is 20.1 Å². The lowest BCUT2D eigenvalue weighted by molar-refractivity contribution is -0.122. The van der Waals surface area contributed by atoms with E-state index >= 15 is 0 Å². The number of ether oxygens (including phenoxy) is 1. The molecule has 4 rings (SSSR count). The van der Waals surface area contributed by atoms with Gasteiger partial charge in [0, 0.05) is 10.9 Å². The van der Waals surface area contributed by atoms with Gasteiger partial charge in [-0.1, -0.05) is 36.4 Å². The maximum absolute atomic E-state index is 12.3. The molecule has 152 valence electrons. The van der Waals surface area contributed by atoms with Crippen molar-refractivity contribution in [3.8, 4) is 5.75 Å². The summed E-state index contributed by atoms with van der Waals surface area (Å²) in [5.41, 5.74) is 5.93. The Labute approximate surface area is 170 Å². The third-order valence-corrected chi connectivity index (χ3v) is 4.26. The van der Waals surface area contributed by atoms with Gasteiger partial charge in [0.25, 0.3) is 5.91 Å². The first-order valence-corrected chi connectivity index (χ1v) is 9.12. The van der Waals surface area contributed by atoms with Gasteiger partial charge < -0.3 is 9.15 Å². The minimum Gasteiger partial charge on any atom is -0.485 e. The van der Waals surface area contributed by atoms with Crippen LogP contribution < -0.4 is 15.6 Å². The number of fused-ring (bicyclic) bond motifs is 1. The number of hydrogen-bond donors (Lipinski definition) is 2. The summed E-state index contributed by atoms with van der Waals surface area (Å²) in [6.07, 6.45) is 0. The number of benzene rings is 2. The molecule has 0 unspecified atom stereocenters. The molecule has 0 aliphatic rings. The number of amides is 2. The van der Waals surface area contributed by atoms with Gasteiger partial charge in [0.15, 0.2) is 12.4 Å². The van der Waals surface area contributed by atoms with Crippen LogP contribution in [0.3, 0.4) is 0 Å². The molecule has 2 aromatic heterocycles. The summed E-state index contributed by atoms with van der Waals surface area (Å²) in [6, 6.07) is 16.5. The van der Waals surface area contributed by atoms with Crippen molar-refractivity contribution in [2.75, 3.05) is 0 Å². The van der Waals surface area contributed by atoms with E-state index in [-0.39, 0.29) is 18.9 Å². The van der Waals surface area contributed by atoms with Gasteiger partial charge in [0.1, 0.15) is 17.9 Å². The second-order valence-electron chi connectivity index (χ2n) is 6.39. The van der Waals surface area contributed by atoms with Gasteiger partial charge in [-0.05, 0) is 30.3 Å². The molecule has 0 atom stereocenters. The maximum Gasteiger partial charge on any atom is 0.305 e. The fraction of sp³-hybridized carbons (Fsp3) is 0.150. The highest BCUT2D eigenvalue weighted by molar-refractivity contribution is 5.99. The van der Waals surface area contributed by atoms with Crippen LogP contribution in [0.25, 0.3) is 11.0 Å². The lowest BCUT2D eigenvalue weighted by Gasteiger charge is -2.05. The Bertz CT molecular complexity index is 1180. The Morgan fingerprint density at radius 3 is 2.63 bits per heavy atom. The second-order valence-corrected chi connectivity index (χ2v) is 6.39. The third kappa shape index (κ3) is 4.27. The Morgan fingerprint density at radius 2 is 1.83 bits per heavy atom. The van der Waals surface area contributed by atoms with Crippen LogP contribution >= 0.6 is 0 Å². The first kappa shape index (κ1) is 19.1. The predicted octanol–water partition coefficient (Wildman–Crippen LogP) is 1.77. The van der Waals surface area contributed by atoms with E-state index in [9.17, 15) is 9.59 Å². The van der Waals surface area contributed by atoms with Crippen molar-refractivity contribution < 1.29 is 18.7 Å². The van der Waals surface area contributed by atoms with Gasteiger partial charge >= 0.3 is 5.91 Å². The molecule has 0 aliphatic carbocycles. The van der Waals surface area contributed by atoms with Crippen molar-refractivity contribution in [2.24, 2.45) is 0 Å². The summed E-state index contributed by atoms with van der Waals surface area (Å²) in [6.45, 7) is 1.67. The van der Waals surface area contributed by atoms with Crippen LogP contribution in [0.1, 0.15) is 21.9 Å². The van der Waals surface area contributed by atoms with Crippen molar-refractivity contribution >= 4 is 22.8 Å². The van der Waals surface area contributed by atoms with E-state index in [1.54, 1.807) is 13.0 Å². The largest absolute Gasteiger partial charge is 0.485 e. The maximum atomic E-state index is 12.3. The second kappa shape index (κ2) is 8.43. The van der Waals surface area contributed by atoms with E-state index in [1.807, 2.05) is 48.5 Å². The molecule has 0 bridgehead atoms. The number of rotatable bonds is 6. The topological polar surface area (TPSA) is 124 Å². The average Bonchev–Trinajstić information content (AvgIpc) is 3.35. The predicted molar refractivity (Wildman–Crippen MR) is 105 cm³/mol. The summed E-state index contributed by atoms with van der Waals surface area (Å²) < 4.78 is 11.1. The molecule has 0 saturated heterocycles. The number of hydrogen-bond acceptors (Lipinski definition) is 7. The van der Waals surface area contributed by atoms with E-state index < -0.39 is 11.8 Å². The van der Waals surface area contributed by atoms with E-state index in [0.29, 0.717) is 22.7 Å². The fourth-order valence-corrected chi connectivity index (χ4v) is 2.81. The van der Waals surface area contributed by atoms with Gasteiger partial charge in [-0.15, -0.1) is 10.2 Å². The number of carbonyl (C=O) groups excluding carboxylic acids is 2. The standard InChI is InChI=1S/C20H18N6O4/c1-13-15-9-5-6-10-16(15)30-19(13)20(28)23-22-18(27)11-26-24-17(21-25-26)12-29-14-7-3-2-4-8-14/h2-10H,11-12H2,1H3,(H,22,27)(H,23,28). The Hall–Kier alpha value is -4.21. The van der Waals surface area contributed by atoms with E-state index in [2.05, 4.69) is 26.3 Å². The van der Waals surface area contributed by atoms with E-state index in [1.165, 1.54) is 0 Å². The number of hydrazine groups is 1. The number of nitrogens with one attached hydrogen (secondary N) is 2. The zero-order valence-corrected chi connectivity index (χ0v) is 16.0. The molecule has 2 amide bonds. The average molecular weight is 406 g/mol. The number of para-hydroxylation sites is 2. The van der Waals surface area contributed by atoms with Crippen LogP contribution in [0.2, 0.25) is 0 Å². The SMILES string of the molecule is Cc1c(C(=O)NNC(=O)Cn2nnc(COc3ccccc3)n2)oc2ccccc12. The van der Waals surface area contributed by atoms with Crippen molar-refractivity contribution in [1.82, 2.24) is 31.1 Å². The zero-order chi connectivity index (χ0) is 20.9. The van der Waals surface area contributed by atoms with Crippen LogP contribution in [0.5, 0.6) is 5.75 Å². The molecule has 30 heavy (non-hydrogen) atoms. The summed E-state index contributed by atoms with van der Waals surface area (Å²) in [5.74, 6) is 0.0603.